The van der Waals surface area contributed by atoms with Crippen LogP contribution in [0.4, 0.5) is 0 Å². The molecule has 1 rings (SSSR count). The lowest BCUT2D eigenvalue weighted by Gasteiger charge is -2.14. The molecule has 0 fully saturated rings. The van der Waals surface area contributed by atoms with E-state index in [0.29, 0.717) is 6.04 Å². The Morgan fingerprint density at radius 2 is 2.12 bits per heavy atom. The van der Waals surface area contributed by atoms with Crippen LogP contribution in [-0.2, 0) is 6.54 Å². The normalized spacial score (nSPS) is 12.8. The van der Waals surface area contributed by atoms with Crippen molar-refractivity contribution in [1.82, 2.24) is 20.1 Å². The van der Waals surface area contributed by atoms with Crippen molar-refractivity contribution in [3.05, 3.63) is 11.6 Å². The van der Waals surface area contributed by atoms with Crippen molar-refractivity contribution in [3.63, 3.8) is 0 Å². The Hall–Kier alpha value is -1.41. The third-order valence-corrected chi connectivity index (χ3v) is 2.28. The van der Waals surface area contributed by atoms with E-state index < -0.39 is 0 Å². The number of hydrogen-bond donors (Lipinski definition) is 1. The summed E-state index contributed by atoms with van der Waals surface area (Å²) in [5, 5.41) is 16.4. The van der Waals surface area contributed by atoms with E-state index in [1.807, 2.05) is 32.4 Å². The van der Waals surface area contributed by atoms with Crippen LogP contribution in [0.1, 0.15) is 31.9 Å². The van der Waals surface area contributed by atoms with Crippen molar-refractivity contribution in [3.8, 4) is 6.07 Å². The monoisotopic (exact) mass is 221 g/mol. The number of nitriles is 1. The van der Waals surface area contributed by atoms with Crippen molar-refractivity contribution < 1.29 is 0 Å². The van der Waals surface area contributed by atoms with Gasteiger partial charge in [-0.1, -0.05) is 0 Å². The van der Waals surface area contributed by atoms with Gasteiger partial charge < -0.3 is 0 Å². The van der Waals surface area contributed by atoms with Gasteiger partial charge in [0.2, 0.25) is 0 Å². The van der Waals surface area contributed by atoms with Gasteiger partial charge in [-0.25, -0.2) is 4.98 Å². The molecule has 0 amide bonds. The van der Waals surface area contributed by atoms with Gasteiger partial charge >= 0.3 is 0 Å². The number of aromatic nitrogens is 3. The van der Waals surface area contributed by atoms with Gasteiger partial charge in [0.1, 0.15) is 11.6 Å². The highest BCUT2D eigenvalue weighted by Crippen LogP contribution is 2.01. The van der Waals surface area contributed by atoms with E-state index in [2.05, 4.69) is 21.5 Å². The summed E-state index contributed by atoms with van der Waals surface area (Å²) in [4.78, 5) is 4.22. The molecular formula is C11H19N5. The highest BCUT2D eigenvalue weighted by atomic mass is 15.3. The first-order chi connectivity index (χ1) is 7.52. The van der Waals surface area contributed by atoms with Crippen molar-refractivity contribution in [2.45, 2.75) is 52.7 Å². The number of rotatable bonds is 5. The fourth-order valence-corrected chi connectivity index (χ4v) is 1.61. The summed E-state index contributed by atoms with van der Waals surface area (Å²) in [5.74, 6) is 1.68. The largest absolute Gasteiger partial charge is 0.300 e. The second-order valence-electron chi connectivity index (χ2n) is 4.22. The summed E-state index contributed by atoms with van der Waals surface area (Å²) in [6.07, 6.45) is 0.748. The molecule has 0 spiro atoms. The molecule has 0 aliphatic heterocycles. The minimum atomic E-state index is -0.121. The van der Waals surface area contributed by atoms with Crippen LogP contribution >= 0.6 is 0 Å². The molecule has 0 aliphatic rings. The Kier molecular flexibility index (Phi) is 4.44. The molecule has 16 heavy (non-hydrogen) atoms. The van der Waals surface area contributed by atoms with Crippen LogP contribution in [0, 0.1) is 25.2 Å². The molecule has 1 N–H and O–H groups in total. The maximum absolute atomic E-state index is 8.97. The minimum absolute atomic E-state index is 0.121. The van der Waals surface area contributed by atoms with Crippen LogP contribution in [0.2, 0.25) is 0 Å². The van der Waals surface area contributed by atoms with Gasteiger partial charge in [0.25, 0.3) is 0 Å². The molecular weight excluding hydrogens is 202 g/mol. The summed E-state index contributed by atoms with van der Waals surface area (Å²) in [6, 6.07) is 2.46. The zero-order chi connectivity index (χ0) is 12.1. The lowest BCUT2D eigenvalue weighted by atomic mass is 10.2. The fraction of sp³-hybridized carbons (Fsp3) is 0.727. The highest BCUT2D eigenvalue weighted by molar-refractivity contribution is 4.92. The number of nitrogens with one attached hydrogen (secondary N) is 1. The Labute approximate surface area is 96.5 Å². The zero-order valence-electron chi connectivity index (χ0n) is 10.4. The SMILES string of the molecule is Cc1nc(C)n(CCC(C#N)NC(C)C)n1. The van der Waals surface area contributed by atoms with Crippen molar-refractivity contribution in [2.24, 2.45) is 0 Å². The third-order valence-electron chi connectivity index (χ3n) is 2.28. The molecule has 1 aromatic rings. The van der Waals surface area contributed by atoms with E-state index >= 15 is 0 Å². The number of nitrogens with zero attached hydrogens (tertiary/aromatic N) is 4. The molecule has 1 unspecified atom stereocenters. The van der Waals surface area contributed by atoms with Gasteiger partial charge in [-0.3, -0.25) is 10.00 Å². The van der Waals surface area contributed by atoms with Gasteiger partial charge in [0.15, 0.2) is 0 Å². The molecule has 1 aromatic heterocycles. The standard InChI is InChI=1S/C11H19N5/c1-8(2)13-11(7-12)5-6-16-10(4)14-9(3)15-16/h8,11,13H,5-6H2,1-4H3. The molecule has 5 heteroatoms. The lowest BCUT2D eigenvalue weighted by Crippen LogP contribution is -2.34. The molecule has 5 nitrogen and oxygen atoms in total. The van der Waals surface area contributed by atoms with Crippen LogP contribution < -0.4 is 5.32 Å². The second-order valence-corrected chi connectivity index (χ2v) is 4.22. The molecule has 0 saturated heterocycles. The van der Waals surface area contributed by atoms with Gasteiger partial charge in [-0.2, -0.15) is 10.4 Å². The maximum Gasteiger partial charge on any atom is 0.147 e. The average Bonchev–Trinajstić information content (AvgIpc) is 2.51. The molecule has 0 aromatic carbocycles. The molecule has 0 bridgehead atoms. The topological polar surface area (TPSA) is 66.5 Å². The first kappa shape index (κ1) is 12.7. The lowest BCUT2D eigenvalue weighted by molar-refractivity contribution is 0.456. The number of aryl methyl sites for hydroxylation is 3. The number of hydrogen-bond acceptors (Lipinski definition) is 4. The predicted molar refractivity (Wildman–Crippen MR) is 61.8 cm³/mol. The zero-order valence-corrected chi connectivity index (χ0v) is 10.4. The van der Waals surface area contributed by atoms with Crippen LogP contribution in [0.25, 0.3) is 0 Å². The summed E-state index contributed by atoms with van der Waals surface area (Å²) in [5.41, 5.74) is 0. The van der Waals surface area contributed by atoms with E-state index in [4.69, 9.17) is 5.26 Å². The summed E-state index contributed by atoms with van der Waals surface area (Å²) in [6.45, 7) is 8.60. The quantitative estimate of drug-likeness (QED) is 0.810. The Morgan fingerprint density at radius 3 is 2.56 bits per heavy atom. The average molecular weight is 221 g/mol. The van der Waals surface area contributed by atoms with E-state index in [1.54, 1.807) is 0 Å². The minimum Gasteiger partial charge on any atom is -0.300 e. The fourth-order valence-electron chi connectivity index (χ4n) is 1.61. The van der Waals surface area contributed by atoms with Gasteiger partial charge in [0, 0.05) is 12.6 Å². The molecule has 0 aliphatic carbocycles. The predicted octanol–water partition coefficient (Wildman–Crippen LogP) is 1.18. The summed E-state index contributed by atoms with van der Waals surface area (Å²) < 4.78 is 1.85. The molecule has 0 radical (unpaired) electrons. The molecule has 1 atom stereocenters. The molecule has 0 saturated carbocycles. The Bertz CT molecular complexity index is 374. The van der Waals surface area contributed by atoms with Crippen molar-refractivity contribution in [2.75, 3.05) is 0 Å². The van der Waals surface area contributed by atoms with Gasteiger partial charge in [0.05, 0.1) is 12.1 Å². The summed E-state index contributed by atoms with van der Waals surface area (Å²) in [7, 11) is 0. The van der Waals surface area contributed by atoms with Crippen molar-refractivity contribution >= 4 is 0 Å². The smallest absolute Gasteiger partial charge is 0.147 e. The first-order valence-corrected chi connectivity index (χ1v) is 5.56. The van der Waals surface area contributed by atoms with Gasteiger partial charge in [-0.05, 0) is 34.1 Å². The third kappa shape index (κ3) is 3.63. The molecule has 1 heterocycles. The van der Waals surface area contributed by atoms with E-state index in [-0.39, 0.29) is 6.04 Å². The van der Waals surface area contributed by atoms with Crippen LogP contribution in [0.5, 0.6) is 0 Å². The highest BCUT2D eigenvalue weighted by Gasteiger charge is 2.10. The van der Waals surface area contributed by atoms with Gasteiger partial charge in [-0.15, -0.1) is 0 Å². The molecule has 88 valence electrons. The van der Waals surface area contributed by atoms with Crippen molar-refractivity contribution in [1.29, 1.82) is 5.26 Å². The maximum atomic E-state index is 8.97. The van der Waals surface area contributed by atoms with Crippen LogP contribution in [0.3, 0.4) is 0 Å². The second kappa shape index (κ2) is 5.61. The van der Waals surface area contributed by atoms with Crippen LogP contribution in [0.15, 0.2) is 0 Å². The summed E-state index contributed by atoms with van der Waals surface area (Å²) >= 11 is 0. The van der Waals surface area contributed by atoms with E-state index in [9.17, 15) is 0 Å². The van der Waals surface area contributed by atoms with Crippen LogP contribution in [-0.4, -0.2) is 26.8 Å². The van der Waals surface area contributed by atoms with E-state index in [0.717, 1.165) is 24.6 Å². The van der Waals surface area contributed by atoms with E-state index in [1.165, 1.54) is 0 Å². The Morgan fingerprint density at radius 1 is 1.44 bits per heavy atom. The Balaban J connectivity index is 2.50. The first-order valence-electron chi connectivity index (χ1n) is 5.56.